The third kappa shape index (κ3) is 5.48. The molecule has 2 aliphatic rings. The Morgan fingerprint density at radius 3 is 1.88 bits per heavy atom. The second-order valence-corrected chi connectivity index (χ2v) is 10.0. The molecule has 34 heavy (non-hydrogen) atoms. The number of alkyl halides is 6. The summed E-state index contributed by atoms with van der Waals surface area (Å²) in [4.78, 5) is 0. The highest BCUT2D eigenvalue weighted by atomic mass is 32.2. The van der Waals surface area contributed by atoms with Crippen molar-refractivity contribution in [2.75, 3.05) is 13.7 Å². The third-order valence-electron chi connectivity index (χ3n) is 4.63. The zero-order valence-electron chi connectivity index (χ0n) is 16.7. The molecule has 0 bridgehead atoms. The Balaban J connectivity index is 2.03. The summed E-state index contributed by atoms with van der Waals surface area (Å²) in [5.41, 5.74) is -11.7. The summed E-state index contributed by atoms with van der Waals surface area (Å²) in [6.45, 7) is -0.464. The Morgan fingerprint density at radius 2 is 1.38 bits per heavy atom. The van der Waals surface area contributed by atoms with Gasteiger partial charge < -0.3 is 18.9 Å². The minimum atomic E-state index is -6.47. The fourth-order valence-corrected chi connectivity index (χ4v) is 4.35. The lowest BCUT2D eigenvalue weighted by Gasteiger charge is -2.47. The molecule has 0 aromatic heterocycles. The van der Waals surface area contributed by atoms with Crippen LogP contribution < -0.4 is 0 Å². The standard InChI is InChI=1S/C16H16F6O10S2/c1-27-14-12(32-34(25,26)16(20,21)22)11(31-33(23,24)15(17,18)19)10-9(29-14)7-28-13(30-10)8-5-3-2-4-6-8/h2-6,9-14H,7H2,1H3/t9-,10-,11+,12-,13-,14+/m1/s1. The van der Waals surface area contributed by atoms with Crippen LogP contribution in [0.5, 0.6) is 0 Å². The Labute approximate surface area is 188 Å². The van der Waals surface area contributed by atoms with Gasteiger partial charge in [-0.1, -0.05) is 30.3 Å². The van der Waals surface area contributed by atoms with Gasteiger partial charge in [-0.25, -0.2) is 0 Å². The van der Waals surface area contributed by atoms with E-state index in [0.29, 0.717) is 5.56 Å². The zero-order valence-corrected chi connectivity index (χ0v) is 18.4. The maximum absolute atomic E-state index is 13.0. The summed E-state index contributed by atoms with van der Waals surface area (Å²) in [6, 6.07) is 7.62. The fraction of sp³-hybridized carbons (Fsp3) is 0.625. The molecular weight excluding hydrogens is 530 g/mol. The molecule has 0 unspecified atom stereocenters. The van der Waals surface area contributed by atoms with Crippen molar-refractivity contribution in [2.24, 2.45) is 0 Å². The maximum Gasteiger partial charge on any atom is 0.523 e. The van der Waals surface area contributed by atoms with E-state index in [1.807, 2.05) is 0 Å². The molecule has 3 rings (SSSR count). The number of fused-ring (bicyclic) bond motifs is 1. The van der Waals surface area contributed by atoms with Crippen molar-refractivity contribution < 1.29 is 70.5 Å². The number of ether oxygens (including phenoxy) is 4. The van der Waals surface area contributed by atoms with E-state index in [-0.39, 0.29) is 0 Å². The van der Waals surface area contributed by atoms with Gasteiger partial charge >= 0.3 is 31.3 Å². The minimum absolute atomic E-state index is 0.299. The number of benzene rings is 1. The van der Waals surface area contributed by atoms with Crippen LogP contribution in [-0.4, -0.2) is 72.3 Å². The molecule has 1 aromatic carbocycles. The Kier molecular flexibility index (Phi) is 7.55. The monoisotopic (exact) mass is 546 g/mol. The summed E-state index contributed by atoms with van der Waals surface area (Å²) in [5.74, 6) is 0. The molecule has 10 nitrogen and oxygen atoms in total. The van der Waals surface area contributed by atoms with Gasteiger partial charge in [0.25, 0.3) is 0 Å². The average Bonchev–Trinajstić information content (AvgIpc) is 2.73. The lowest BCUT2D eigenvalue weighted by atomic mass is 9.98. The van der Waals surface area contributed by atoms with Gasteiger partial charge in [-0.2, -0.15) is 43.2 Å². The first kappa shape index (κ1) is 27.1. The van der Waals surface area contributed by atoms with Crippen LogP contribution in [0.2, 0.25) is 0 Å². The van der Waals surface area contributed by atoms with Gasteiger partial charge in [-0.3, -0.25) is 8.37 Å². The van der Waals surface area contributed by atoms with Crippen LogP contribution in [0.3, 0.4) is 0 Å². The summed E-state index contributed by atoms with van der Waals surface area (Å²) in [7, 11) is -12.1. The second-order valence-electron chi connectivity index (χ2n) is 6.88. The normalized spacial score (nSPS) is 31.1. The van der Waals surface area contributed by atoms with Gasteiger partial charge in [0.15, 0.2) is 18.7 Å². The highest BCUT2D eigenvalue weighted by Crippen LogP contribution is 2.40. The Hall–Kier alpha value is -1.54. The van der Waals surface area contributed by atoms with Crippen LogP contribution in [0.25, 0.3) is 0 Å². The molecule has 0 amide bonds. The van der Waals surface area contributed by atoms with Crippen molar-refractivity contribution in [2.45, 2.75) is 48.0 Å². The lowest BCUT2D eigenvalue weighted by molar-refractivity contribution is -0.352. The maximum atomic E-state index is 13.0. The molecule has 0 spiro atoms. The van der Waals surface area contributed by atoms with Crippen molar-refractivity contribution in [3.63, 3.8) is 0 Å². The molecule has 194 valence electrons. The summed E-state index contributed by atoms with van der Waals surface area (Å²) >= 11 is 0. The van der Waals surface area contributed by atoms with Gasteiger partial charge in [0.05, 0.1) is 6.61 Å². The number of hydrogen-bond acceptors (Lipinski definition) is 10. The highest BCUT2D eigenvalue weighted by Gasteiger charge is 2.60. The van der Waals surface area contributed by atoms with Gasteiger partial charge in [-0.05, 0) is 0 Å². The largest absolute Gasteiger partial charge is 0.523 e. The molecule has 1 aromatic rings. The molecule has 2 heterocycles. The third-order valence-corrected chi connectivity index (χ3v) is 6.72. The van der Waals surface area contributed by atoms with E-state index in [4.69, 9.17) is 18.9 Å². The van der Waals surface area contributed by atoms with Crippen LogP contribution in [0.4, 0.5) is 26.3 Å². The van der Waals surface area contributed by atoms with E-state index in [2.05, 4.69) is 8.37 Å². The first-order valence-corrected chi connectivity index (χ1v) is 11.9. The zero-order chi connectivity index (χ0) is 25.5. The predicted molar refractivity (Wildman–Crippen MR) is 95.4 cm³/mol. The van der Waals surface area contributed by atoms with Crippen LogP contribution in [0, 0.1) is 0 Å². The molecule has 2 fully saturated rings. The van der Waals surface area contributed by atoms with E-state index in [9.17, 15) is 43.2 Å². The van der Waals surface area contributed by atoms with Gasteiger partial charge in [0, 0.05) is 12.7 Å². The number of methoxy groups -OCH3 is 1. The van der Waals surface area contributed by atoms with E-state index in [0.717, 1.165) is 7.11 Å². The van der Waals surface area contributed by atoms with E-state index >= 15 is 0 Å². The Bertz CT molecular complexity index is 1060. The molecule has 2 saturated heterocycles. The Morgan fingerprint density at radius 1 is 0.853 bits per heavy atom. The van der Waals surface area contributed by atoms with Gasteiger partial charge in [0.2, 0.25) is 0 Å². The first-order valence-electron chi connectivity index (χ1n) is 9.07. The van der Waals surface area contributed by atoms with Gasteiger partial charge in [-0.15, -0.1) is 0 Å². The molecule has 0 radical (unpaired) electrons. The predicted octanol–water partition coefficient (Wildman–Crippen LogP) is 1.94. The summed E-state index contributed by atoms with van der Waals surface area (Å²) in [6.07, 6.45) is -12.1. The molecule has 0 saturated carbocycles. The number of halogens is 6. The minimum Gasteiger partial charge on any atom is -0.353 e. The first-order chi connectivity index (χ1) is 15.6. The summed E-state index contributed by atoms with van der Waals surface area (Å²) < 4.78 is 153. The number of hydrogen-bond donors (Lipinski definition) is 0. The van der Waals surface area contributed by atoms with Crippen LogP contribution in [0.15, 0.2) is 30.3 Å². The van der Waals surface area contributed by atoms with Crippen LogP contribution >= 0.6 is 0 Å². The van der Waals surface area contributed by atoms with Crippen LogP contribution in [0.1, 0.15) is 11.9 Å². The quantitative estimate of drug-likeness (QED) is 0.297. The fourth-order valence-electron chi connectivity index (χ4n) is 3.13. The number of rotatable bonds is 6. The SMILES string of the molecule is CO[C@H]1O[C@@H]2CO[C@@H](c3ccccc3)O[C@H]2[C@H](OS(=O)(=O)C(F)(F)F)[C@H]1OS(=O)(=O)C(F)(F)F. The van der Waals surface area contributed by atoms with Gasteiger partial charge in [0.1, 0.15) is 18.3 Å². The molecule has 0 aliphatic carbocycles. The smallest absolute Gasteiger partial charge is 0.353 e. The second kappa shape index (κ2) is 9.49. The van der Waals surface area contributed by atoms with E-state index in [1.165, 1.54) is 24.3 Å². The van der Waals surface area contributed by atoms with Crippen molar-refractivity contribution in [3.8, 4) is 0 Å². The lowest BCUT2D eigenvalue weighted by Crippen LogP contribution is -2.64. The van der Waals surface area contributed by atoms with Crippen LogP contribution in [-0.2, 0) is 47.5 Å². The molecule has 6 atom stereocenters. The topological polar surface area (TPSA) is 124 Å². The average molecular weight is 546 g/mol. The molecular formula is C16H16F6O10S2. The van der Waals surface area contributed by atoms with Crippen molar-refractivity contribution in [1.29, 1.82) is 0 Å². The molecule has 2 aliphatic heterocycles. The molecule has 18 heteroatoms. The van der Waals surface area contributed by atoms with E-state index < -0.39 is 74.9 Å². The van der Waals surface area contributed by atoms with E-state index in [1.54, 1.807) is 6.07 Å². The van der Waals surface area contributed by atoms with Crippen molar-refractivity contribution in [3.05, 3.63) is 35.9 Å². The highest BCUT2D eigenvalue weighted by molar-refractivity contribution is 7.88. The van der Waals surface area contributed by atoms with Crippen molar-refractivity contribution >= 4 is 20.2 Å². The summed E-state index contributed by atoms with van der Waals surface area (Å²) in [5, 5.41) is 0. The van der Waals surface area contributed by atoms with Crippen molar-refractivity contribution in [1.82, 2.24) is 0 Å². The molecule has 0 N–H and O–H groups in total.